The van der Waals surface area contributed by atoms with E-state index in [9.17, 15) is 14.4 Å². The zero-order chi connectivity index (χ0) is 19.4. The Morgan fingerprint density at radius 3 is 1.12 bits per heavy atom. The molecule has 9 heteroatoms. The summed E-state index contributed by atoms with van der Waals surface area (Å²) in [5.74, 6) is -0.529. The van der Waals surface area contributed by atoms with Crippen LogP contribution in [0.1, 0.15) is 60.8 Å². The van der Waals surface area contributed by atoms with Crippen molar-refractivity contribution in [3.05, 3.63) is 0 Å². The van der Waals surface area contributed by atoms with Crippen LogP contribution in [0.15, 0.2) is 0 Å². The number of carbonyl (C=O) groups is 3. The number of nitrogens with one attached hydrogen (secondary N) is 3. The molecule has 0 rings (SSSR count). The van der Waals surface area contributed by atoms with Gasteiger partial charge in [-0.3, -0.25) is 14.4 Å². The van der Waals surface area contributed by atoms with Crippen LogP contribution in [0.4, 0.5) is 0 Å². The third kappa shape index (κ3) is 23.7. The fourth-order valence-corrected chi connectivity index (χ4v) is 3.56. The van der Waals surface area contributed by atoms with Gasteiger partial charge in [0.25, 0.3) is 0 Å². The topological polar surface area (TPSA) is 110 Å². The molecule has 0 saturated heterocycles. The van der Waals surface area contributed by atoms with Gasteiger partial charge in [0, 0.05) is 19.3 Å². The van der Waals surface area contributed by atoms with Crippen LogP contribution in [0.5, 0.6) is 0 Å². The van der Waals surface area contributed by atoms with E-state index >= 15 is 0 Å². The second kappa shape index (κ2) is 22.4. The summed E-state index contributed by atoms with van der Waals surface area (Å²) < 4.78 is 7.90. The standard InChI is InChI=1S/3C3H7NO.C2H5O.2C2H5.2Al/c3*1-2-3(4)5;1-2-3;2*1-2;;/h3*2H2,1H3,(H2,4,5);2H2,1H3;2*1H2,2H3;;/q;;;-1;;;+1;+3/p-3. The van der Waals surface area contributed by atoms with E-state index in [0.717, 1.165) is 15.2 Å². The predicted molar refractivity (Wildman–Crippen MR) is 98.3 cm³/mol. The van der Waals surface area contributed by atoms with Crippen LogP contribution in [0.2, 0.25) is 10.6 Å². The number of hydrogen-bond acceptors (Lipinski definition) is 4. The first-order valence-electron chi connectivity index (χ1n) is 8.64. The van der Waals surface area contributed by atoms with Gasteiger partial charge in [0.15, 0.2) is 17.7 Å². The zero-order valence-electron chi connectivity index (χ0n) is 16.0. The molecule has 0 aromatic heterocycles. The van der Waals surface area contributed by atoms with Crippen molar-refractivity contribution in [3.63, 3.8) is 0 Å². The maximum absolute atomic E-state index is 11.2. The van der Waals surface area contributed by atoms with Gasteiger partial charge in [0.2, 0.25) is 0 Å². The van der Waals surface area contributed by atoms with Crippen molar-refractivity contribution in [2.75, 3.05) is 6.61 Å². The summed E-state index contributed by atoms with van der Waals surface area (Å²) in [5, 5.41) is 11.8. The van der Waals surface area contributed by atoms with Crippen LogP contribution in [0.25, 0.3) is 0 Å². The van der Waals surface area contributed by atoms with Crippen LogP contribution in [-0.4, -0.2) is 54.4 Å². The molecule has 0 atom stereocenters. The first kappa shape index (κ1) is 28.2. The molecular weight excluding hydrogens is 340 g/mol. The summed E-state index contributed by atoms with van der Waals surface area (Å²) in [7, 11) is 0. The van der Waals surface area contributed by atoms with Crippen LogP contribution in [0.3, 0.4) is 0 Å². The Balaban J connectivity index is -0.000000458. The van der Waals surface area contributed by atoms with Crippen LogP contribution >= 0.6 is 0 Å². The summed E-state index contributed by atoms with van der Waals surface area (Å²) in [5.41, 5.74) is 0. The summed E-state index contributed by atoms with van der Waals surface area (Å²) in [6, 6.07) is 0. The Bertz CT molecular complexity index is 287. The Hall–Kier alpha value is -0.565. The average Bonchev–Trinajstić information content (AvgIpc) is 2.56. The van der Waals surface area contributed by atoms with Gasteiger partial charge in [-0.2, -0.15) is 0 Å². The molecule has 0 fully saturated rings. The molecule has 0 saturated carbocycles. The van der Waals surface area contributed by atoms with Gasteiger partial charge < -0.3 is 18.0 Å². The summed E-state index contributed by atoms with van der Waals surface area (Å²) in [4.78, 5) is 33.5. The molecule has 0 bridgehead atoms. The Morgan fingerprint density at radius 1 is 0.750 bits per heavy atom. The van der Waals surface area contributed by atoms with Gasteiger partial charge in [-0.05, 0) is 0 Å². The molecule has 0 aliphatic carbocycles. The number of amides is 3. The van der Waals surface area contributed by atoms with Crippen molar-refractivity contribution in [1.82, 2.24) is 12.9 Å². The van der Waals surface area contributed by atoms with E-state index in [0.29, 0.717) is 19.3 Å². The Kier molecular flexibility index (Phi) is 26.4. The third-order valence-corrected chi connectivity index (χ3v) is 5.44. The Morgan fingerprint density at radius 2 is 1.00 bits per heavy atom. The molecule has 138 valence electrons. The molecule has 24 heavy (non-hydrogen) atoms. The second-order valence-corrected chi connectivity index (χ2v) is 8.53. The molecule has 0 spiro atoms. The number of hydrogen-bond donors (Lipinski definition) is 3. The van der Waals surface area contributed by atoms with Crippen LogP contribution in [-0.2, 0) is 14.4 Å². The zero-order valence-corrected chi connectivity index (χ0v) is 18.3. The molecule has 7 nitrogen and oxygen atoms in total. The van der Waals surface area contributed by atoms with Crippen LogP contribution in [0, 0.1) is 0 Å². The van der Waals surface area contributed by atoms with Gasteiger partial charge in [-0.1, -0.05) is 27.7 Å². The van der Waals surface area contributed by atoms with Crippen molar-refractivity contribution in [2.45, 2.75) is 71.4 Å². The molecule has 0 aromatic carbocycles. The third-order valence-electron chi connectivity index (χ3n) is 2.46. The maximum atomic E-state index is 11.2. The van der Waals surface area contributed by atoms with E-state index in [4.69, 9.17) is 5.11 Å². The molecule has 0 radical (unpaired) electrons. The van der Waals surface area contributed by atoms with Crippen molar-refractivity contribution >= 4 is 47.8 Å². The minimum atomic E-state index is -2.26. The van der Waals surface area contributed by atoms with Gasteiger partial charge >= 0.3 is 54.4 Å². The van der Waals surface area contributed by atoms with E-state index in [2.05, 4.69) is 26.7 Å². The molecule has 0 aliphatic rings. The molecule has 3 amide bonds. The van der Waals surface area contributed by atoms with Gasteiger partial charge in [-0.15, -0.1) is 6.61 Å². The van der Waals surface area contributed by atoms with Crippen LogP contribution < -0.4 is 18.0 Å². The van der Waals surface area contributed by atoms with E-state index in [1.165, 1.54) is 10.6 Å². The number of rotatable bonds is 8. The summed E-state index contributed by atoms with van der Waals surface area (Å²) >= 11 is -1.44. The molecular formula is C15H33Al2N3O4. The molecule has 0 heterocycles. The first-order chi connectivity index (χ1) is 11.4. The molecule has 3 N–H and O–H groups in total. The summed E-state index contributed by atoms with van der Waals surface area (Å²) in [6.07, 6.45) is 0.981. The quantitative estimate of drug-likeness (QED) is 0.538. The summed E-state index contributed by atoms with van der Waals surface area (Å²) in [6.45, 7) is 11.2. The average molecular weight is 373 g/mol. The van der Waals surface area contributed by atoms with E-state index in [1.807, 2.05) is 0 Å². The number of carbonyl (C=O) groups excluding carboxylic acids is 3. The molecule has 0 aliphatic heterocycles. The monoisotopic (exact) mass is 373 g/mol. The minimum absolute atomic E-state index is 0. The van der Waals surface area contributed by atoms with E-state index in [1.54, 1.807) is 27.7 Å². The second-order valence-electron chi connectivity index (χ2n) is 4.59. The van der Waals surface area contributed by atoms with Gasteiger partial charge in [0.05, 0.1) is 0 Å². The molecule has 0 aromatic rings. The molecule has 0 unspecified atom stereocenters. The van der Waals surface area contributed by atoms with E-state index < -0.39 is 14.8 Å². The van der Waals surface area contributed by atoms with Gasteiger partial charge in [-0.25, -0.2) is 0 Å². The predicted octanol–water partition coefficient (Wildman–Crippen LogP) is 0.483. The van der Waals surface area contributed by atoms with E-state index in [-0.39, 0.29) is 24.3 Å². The van der Waals surface area contributed by atoms with Crippen molar-refractivity contribution in [2.24, 2.45) is 0 Å². The van der Waals surface area contributed by atoms with Crippen molar-refractivity contribution in [1.29, 1.82) is 0 Å². The first-order valence-corrected chi connectivity index (χ1v) is 12.0. The van der Waals surface area contributed by atoms with Crippen molar-refractivity contribution < 1.29 is 19.5 Å². The fraction of sp³-hybridized carbons (Fsp3) is 0.800. The normalized spacial score (nSPS) is 8.29. The SMILES string of the molecule is CCC(=O)[NH][Al]([NH]C(=O)CC)[NH]C(=O)CC.CC[O-].C[CH2][Al+][CH2]C. The van der Waals surface area contributed by atoms with Gasteiger partial charge in [0.1, 0.15) is 0 Å². The fourth-order valence-electron chi connectivity index (χ4n) is 1.19. The van der Waals surface area contributed by atoms with Crippen molar-refractivity contribution in [3.8, 4) is 0 Å². The Labute approximate surface area is 158 Å².